The summed E-state index contributed by atoms with van der Waals surface area (Å²) in [6.45, 7) is 4.00. The molecule has 1 aromatic carbocycles. The molecule has 0 atom stereocenters. The molecule has 0 saturated carbocycles. The molecule has 0 saturated heterocycles. The zero-order valence-electron chi connectivity index (χ0n) is 15.4. The van der Waals surface area contributed by atoms with E-state index in [-0.39, 0.29) is 11.7 Å². The molecule has 0 spiro atoms. The van der Waals surface area contributed by atoms with E-state index in [9.17, 15) is 14.9 Å². The molecule has 0 amide bonds. The normalized spacial score (nSPS) is 9.88. The van der Waals surface area contributed by atoms with Crippen molar-refractivity contribution in [1.29, 1.82) is 0 Å². The van der Waals surface area contributed by atoms with E-state index in [2.05, 4.69) is 12.6 Å². The topological polar surface area (TPSA) is 69.4 Å². The van der Waals surface area contributed by atoms with Crippen LogP contribution >= 0.6 is 12.6 Å². The van der Waals surface area contributed by atoms with E-state index in [0.29, 0.717) is 12.2 Å². The van der Waals surface area contributed by atoms with Gasteiger partial charge in [0.05, 0.1) is 4.92 Å². The average Bonchev–Trinajstić information content (AvgIpc) is 2.62. The summed E-state index contributed by atoms with van der Waals surface area (Å²) in [4.78, 5) is 21.7. The van der Waals surface area contributed by atoms with Crippen molar-refractivity contribution in [2.24, 2.45) is 0 Å². The van der Waals surface area contributed by atoms with Crippen LogP contribution in [0, 0.1) is 10.1 Å². The Labute approximate surface area is 156 Å². The Morgan fingerprint density at radius 1 is 0.960 bits per heavy atom. The highest BCUT2D eigenvalue weighted by Crippen LogP contribution is 2.18. The van der Waals surface area contributed by atoms with Crippen molar-refractivity contribution in [3.63, 3.8) is 0 Å². The van der Waals surface area contributed by atoms with Crippen molar-refractivity contribution < 1.29 is 14.5 Å². The second-order valence-electron chi connectivity index (χ2n) is 5.53. The summed E-state index contributed by atoms with van der Waals surface area (Å²) in [5.41, 5.74) is -0.0147. The van der Waals surface area contributed by atoms with Gasteiger partial charge in [-0.1, -0.05) is 52.4 Å². The number of esters is 1. The second-order valence-corrected chi connectivity index (χ2v) is 5.97. The maximum Gasteiger partial charge on any atom is 0.311 e. The van der Waals surface area contributed by atoms with Crippen LogP contribution in [0.15, 0.2) is 24.3 Å². The minimum absolute atomic E-state index is 0.0147. The van der Waals surface area contributed by atoms with Crippen LogP contribution in [0.3, 0.4) is 0 Å². The van der Waals surface area contributed by atoms with Gasteiger partial charge in [-0.05, 0) is 30.7 Å². The first-order valence-corrected chi connectivity index (χ1v) is 9.82. The van der Waals surface area contributed by atoms with Gasteiger partial charge < -0.3 is 4.74 Å². The Balaban J connectivity index is 0.00000277. The van der Waals surface area contributed by atoms with E-state index < -0.39 is 4.92 Å². The van der Waals surface area contributed by atoms with Gasteiger partial charge in [-0.25, -0.2) is 0 Å². The second kappa shape index (κ2) is 15.9. The predicted molar refractivity (Wildman–Crippen MR) is 105 cm³/mol. The highest BCUT2D eigenvalue weighted by atomic mass is 32.1. The molecule has 0 bridgehead atoms. The van der Waals surface area contributed by atoms with Crippen molar-refractivity contribution in [3.8, 4) is 5.75 Å². The third-order valence-electron chi connectivity index (χ3n) is 3.57. The summed E-state index contributed by atoms with van der Waals surface area (Å²) in [6, 6.07) is 5.55. The smallest absolute Gasteiger partial charge is 0.311 e. The van der Waals surface area contributed by atoms with Gasteiger partial charge in [-0.2, -0.15) is 12.6 Å². The van der Waals surface area contributed by atoms with Crippen LogP contribution in [0.4, 0.5) is 5.69 Å². The summed E-state index contributed by atoms with van der Waals surface area (Å²) in [5.74, 6) is 1.04. The number of nitrogens with zero attached hydrogens (tertiary/aromatic N) is 1. The largest absolute Gasteiger partial charge is 0.427 e. The van der Waals surface area contributed by atoms with Gasteiger partial charge in [0.2, 0.25) is 0 Å². The highest BCUT2D eigenvalue weighted by Gasteiger charge is 2.08. The molecule has 142 valence electrons. The lowest BCUT2D eigenvalue weighted by atomic mass is 10.1. The minimum Gasteiger partial charge on any atom is -0.427 e. The first-order valence-electron chi connectivity index (χ1n) is 9.19. The molecule has 0 aliphatic heterocycles. The molecule has 0 aliphatic carbocycles. The fourth-order valence-electron chi connectivity index (χ4n) is 2.26. The molecule has 6 heteroatoms. The van der Waals surface area contributed by atoms with Gasteiger partial charge in [-0.3, -0.25) is 14.9 Å². The molecule has 0 fully saturated rings. The van der Waals surface area contributed by atoms with Gasteiger partial charge in [-0.15, -0.1) is 0 Å². The van der Waals surface area contributed by atoms with E-state index in [4.69, 9.17) is 4.74 Å². The molecular formula is C19H31NO4S. The number of carbonyl (C=O) groups is 1. The third-order valence-corrected chi connectivity index (χ3v) is 3.88. The van der Waals surface area contributed by atoms with Crippen molar-refractivity contribution >= 4 is 24.3 Å². The van der Waals surface area contributed by atoms with Crippen LogP contribution in [0.5, 0.6) is 5.75 Å². The predicted octanol–water partition coefficient (Wildman–Crippen LogP) is 5.97. The molecule has 0 heterocycles. The van der Waals surface area contributed by atoms with Gasteiger partial charge in [0.15, 0.2) is 0 Å². The quantitative estimate of drug-likeness (QED) is 0.123. The van der Waals surface area contributed by atoms with Gasteiger partial charge in [0, 0.05) is 18.6 Å². The summed E-state index contributed by atoms with van der Waals surface area (Å²) in [5, 5.41) is 10.5. The monoisotopic (exact) mass is 369 g/mol. The number of unbranched alkanes of at least 4 members (excludes halogenated alkanes) is 7. The van der Waals surface area contributed by atoms with E-state index in [1.807, 2.05) is 13.8 Å². The molecule has 1 rings (SSSR count). The number of nitro groups is 1. The molecule has 0 radical (unpaired) electrons. The van der Waals surface area contributed by atoms with E-state index >= 15 is 0 Å². The first kappa shape index (κ1) is 23.4. The Kier molecular flexibility index (Phi) is 14.9. The van der Waals surface area contributed by atoms with Crippen LogP contribution in [0.2, 0.25) is 0 Å². The maximum atomic E-state index is 11.7. The molecule has 0 aliphatic rings. The lowest BCUT2D eigenvalue weighted by molar-refractivity contribution is -0.384. The number of nitro benzene ring substituents is 1. The molecular weight excluding hydrogens is 338 g/mol. The van der Waals surface area contributed by atoms with Crippen molar-refractivity contribution in [2.75, 3.05) is 5.75 Å². The standard InChI is InChI=1S/C17H25NO4S.C2H6/c19-17(9-7-5-3-1-2-4-6-8-14-23)22-16-12-10-15(11-13-16)18(20)21;1-2/h10-13,23H,1-9,14H2;1-2H3. The highest BCUT2D eigenvalue weighted by molar-refractivity contribution is 7.80. The van der Waals surface area contributed by atoms with Gasteiger partial charge >= 0.3 is 5.97 Å². The van der Waals surface area contributed by atoms with Crippen LogP contribution in [0.1, 0.15) is 71.6 Å². The Morgan fingerprint density at radius 3 is 1.92 bits per heavy atom. The SMILES string of the molecule is CC.O=C(CCCCCCCCCCS)Oc1ccc([N+](=O)[O-])cc1. The molecule has 0 aromatic heterocycles. The van der Waals surface area contributed by atoms with Crippen molar-refractivity contribution in [3.05, 3.63) is 34.4 Å². The molecule has 0 unspecified atom stereocenters. The number of rotatable bonds is 12. The Morgan fingerprint density at radius 2 is 1.44 bits per heavy atom. The number of hydrogen-bond donors (Lipinski definition) is 1. The number of thiol groups is 1. The minimum atomic E-state index is -0.482. The van der Waals surface area contributed by atoms with Crippen molar-refractivity contribution in [2.45, 2.75) is 71.6 Å². The molecule has 0 N–H and O–H groups in total. The van der Waals surface area contributed by atoms with Crippen LogP contribution in [0.25, 0.3) is 0 Å². The van der Waals surface area contributed by atoms with Crippen LogP contribution in [-0.2, 0) is 4.79 Å². The van der Waals surface area contributed by atoms with E-state index in [1.165, 1.54) is 56.4 Å². The third kappa shape index (κ3) is 12.5. The van der Waals surface area contributed by atoms with Crippen LogP contribution < -0.4 is 4.74 Å². The summed E-state index contributed by atoms with van der Waals surface area (Å²) < 4.78 is 5.15. The lowest BCUT2D eigenvalue weighted by Crippen LogP contribution is -2.07. The number of carbonyl (C=O) groups excluding carboxylic acids is 1. The fraction of sp³-hybridized carbons (Fsp3) is 0.632. The van der Waals surface area contributed by atoms with E-state index in [0.717, 1.165) is 25.0 Å². The number of ether oxygens (including phenoxy) is 1. The van der Waals surface area contributed by atoms with E-state index in [1.54, 1.807) is 0 Å². The van der Waals surface area contributed by atoms with Gasteiger partial charge in [0.1, 0.15) is 5.75 Å². The summed E-state index contributed by atoms with van der Waals surface area (Å²) >= 11 is 4.19. The number of benzene rings is 1. The first-order chi connectivity index (χ1) is 12.1. The van der Waals surface area contributed by atoms with Crippen molar-refractivity contribution in [1.82, 2.24) is 0 Å². The molecule has 1 aromatic rings. The fourth-order valence-corrected chi connectivity index (χ4v) is 2.48. The zero-order valence-corrected chi connectivity index (χ0v) is 16.3. The van der Waals surface area contributed by atoms with Crippen LogP contribution in [-0.4, -0.2) is 16.6 Å². The Bertz CT molecular complexity index is 477. The molecule has 5 nitrogen and oxygen atoms in total. The number of hydrogen-bond acceptors (Lipinski definition) is 5. The summed E-state index contributed by atoms with van der Waals surface area (Å²) in [7, 11) is 0. The number of non-ortho nitro benzene ring substituents is 1. The lowest BCUT2D eigenvalue weighted by Gasteiger charge is -2.04. The molecule has 25 heavy (non-hydrogen) atoms. The Hall–Kier alpha value is -1.56. The average molecular weight is 370 g/mol. The zero-order chi connectivity index (χ0) is 18.9. The maximum absolute atomic E-state index is 11.7. The van der Waals surface area contributed by atoms with Gasteiger partial charge in [0.25, 0.3) is 5.69 Å². The summed E-state index contributed by atoms with van der Waals surface area (Å²) in [6.07, 6.45) is 9.56.